The van der Waals surface area contributed by atoms with E-state index in [2.05, 4.69) is 27.7 Å². The number of benzene rings is 2. The average Bonchev–Trinajstić information content (AvgIpc) is 2.70. The molecule has 0 N–H and O–H groups in total. The third-order valence-electron chi connectivity index (χ3n) is 5.13. The summed E-state index contributed by atoms with van der Waals surface area (Å²) in [5.74, 6) is 0.510. The SMILES string of the molecule is CCc1c(CC)c(CC)c(-c2ccccc2OC)c(C(=O)OC)c1CC. The molecule has 2 rings (SSSR count). The fourth-order valence-electron chi connectivity index (χ4n) is 4.08. The van der Waals surface area contributed by atoms with Gasteiger partial charge in [-0.1, -0.05) is 45.9 Å². The molecular formula is C23H30O3. The van der Waals surface area contributed by atoms with E-state index in [9.17, 15) is 4.79 Å². The van der Waals surface area contributed by atoms with Crippen LogP contribution >= 0.6 is 0 Å². The monoisotopic (exact) mass is 354 g/mol. The molecule has 0 bridgehead atoms. The van der Waals surface area contributed by atoms with Crippen LogP contribution in [-0.4, -0.2) is 20.2 Å². The van der Waals surface area contributed by atoms with Gasteiger partial charge in [0.25, 0.3) is 0 Å². The van der Waals surface area contributed by atoms with Gasteiger partial charge in [-0.15, -0.1) is 0 Å². The summed E-state index contributed by atoms with van der Waals surface area (Å²) in [4.78, 5) is 12.9. The lowest BCUT2D eigenvalue weighted by molar-refractivity contribution is 0.0600. The molecule has 0 atom stereocenters. The Morgan fingerprint density at radius 3 is 1.85 bits per heavy atom. The molecule has 140 valence electrons. The van der Waals surface area contributed by atoms with Crippen molar-refractivity contribution in [2.75, 3.05) is 14.2 Å². The fraction of sp³-hybridized carbons (Fsp3) is 0.435. The Morgan fingerprint density at radius 2 is 1.35 bits per heavy atom. The van der Waals surface area contributed by atoms with Crippen LogP contribution in [0.3, 0.4) is 0 Å². The second kappa shape index (κ2) is 8.88. The first kappa shape index (κ1) is 20.0. The van der Waals surface area contributed by atoms with Gasteiger partial charge in [0.2, 0.25) is 0 Å². The Labute approximate surface area is 157 Å². The Hall–Kier alpha value is -2.29. The zero-order valence-corrected chi connectivity index (χ0v) is 16.9. The molecule has 0 aliphatic rings. The fourth-order valence-corrected chi connectivity index (χ4v) is 4.08. The molecule has 2 aromatic rings. The first-order valence-corrected chi connectivity index (χ1v) is 9.50. The van der Waals surface area contributed by atoms with Gasteiger partial charge in [-0.2, -0.15) is 0 Å². The van der Waals surface area contributed by atoms with Crippen molar-refractivity contribution in [2.24, 2.45) is 0 Å². The van der Waals surface area contributed by atoms with Crippen molar-refractivity contribution in [3.63, 3.8) is 0 Å². The third-order valence-corrected chi connectivity index (χ3v) is 5.13. The van der Waals surface area contributed by atoms with Crippen LogP contribution in [0.1, 0.15) is 60.3 Å². The Balaban J connectivity index is 3.07. The lowest BCUT2D eigenvalue weighted by Crippen LogP contribution is -2.15. The molecule has 3 nitrogen and oxygen atoms in total. The number of esters is 1. The first-order valence-electron chi connectivity index (χ1n) is 9.50. The van der Waals surface area contributed by atoms with Gasteiger partial charge in [0.05, 0.1) is 19.8 Å². The van der Waals surface area contributed by atoms with Gasteiger partial charge in [0, 0.05) is 11.1 Å². The molecule has 0 unspecified atom stereocenters. The number of rotatable bonds is 7. The summed E-state index contributed by atoms with van der Waals surface area (Å²) < 4.78 is 10.8. The summed E-state index contributed by atoms with van der Waals surface area (Å²) in [6, 6.07) is 7.92. The quantitative estimate of drug-likeness (QED) is 0.625. The van der Waals surface area contributed by atoms with E-state index < -0.39 is 0 Å². The van der Waals surface area contributed by atoms with Gasteiger partial charge in [0.1, 0.15) is 5.75 Å². The number of hydrogen-bond donors (Lipinski definition) is 0. The maximum absolute atomic E-state index is 12.9. The van der Waals surface area contributed by atoms with E-state index in [0.717, 1.165) is 48.1 Å². The largest absolute Gasteiger partial charge is 0.496 e. The van der Waals surface area contributed by atoms with Crippen LogP contribution in [0.5, 0.6) is 5.75 Å². The van der Waals surface area contributed by atoms with Gasteiger partial charge >= 0.3 is 5.97 Å². The van der Waals surface area contributed by atoms with Gasteiger partial charge in [-0.25, -0.2) is 4.79 Å². The molecule has 0 aliphatic carbocycles. The highest BCUT2D eigenvalue weighted by Gasteiger charge is 2.27. The Kier molecular flexibility index (Phi) is 6.84. The van der Waals surface area contributed by atoms with Crippen molar-refractivity contribution in [2.45, 2.75) is 53.4 Å². The molecular weight excluding hydrogens is 324 g/mol. The highest BCUT2D eigenvalue weighted by atomic mass is 16.5. The summed E-state index contributed by atoms with van der Waals surface area (Å²) in [7, 11) is 3.13. The summed E-state index contributed by atoms with van der Waals surface area (Å²) in [5, 5.41) is 0. The van der Waals surface area contributed by atoms with E-state index in [1.54, 1.807) is 7.11 Å². The minimum atomic E-state index is -0.269. The van der Waals surface area contributed by atoms with Crippen LogP contribution in [-0.2, 0) is 30.4 Å². The number of hydrogen-bond acceptors (Lipinski definition) is 3. The lowest BCUT2D eigenvalue weighted by Gasteiger charge is -2.25. The van der Waals surface area contributed by atoms with Crippen molar-refractivity contribution in [1.82, 2.24) is 0 Å². The summed E-state index contributed by atoms with van der Waals surface area (Å²) in [5.41, 5.74) is 7.62. The number of carbonyl (C=O) groups is 1. The van der Waals surface area contributed by atoms with E-state index in [0.29, 0.717) is 5.56 Å². The zero-order chi connectivity index (χ0) is 19.3. The van der Waals surface area contributed by atoms with E-state index >= 15 is 0 Å². The third kappa shape index (κ3) is 3.35. The average molecular weight is 354 g/mol. The normalized spacial score (nSPS) is 10.7. The number of carbonyl (C=O) groups excluding carboxylic acids is 1. The van der Waals surface area contributed by atoms with Gasteiger partial charge < -0.3 is 9.47 Å². The van der Waals surface area contributed by atoms with Crippen LogP contribution in [0, 0.1) is 0 Å². The van der Waals surface area contributed by atoms with Crippen molar-refractivity contribution in [1.29, 1.82) is 0 Å². The minimum absolute atomic E-state index is 0.269. The van der Waals surface area contributed by atoms with Crippen molar-refractivity contribution < 1.29 is 14.3 Å². The molecule has 26 heavy (non-hydrogen) atoms. The van der Waals surface area contributed by atoms with E-state index in [4.69, 9.17) is 9.47 Å². The highest BCUT2D eigenvalue weighted by molar-refractivity contribution is 6.01. The number of para-hydroxylation sites is 1. The molecule has 0 saturated heterocycles. The minimum Gasteiger partial charge on any atom is -0.496 e. The predicted molar refractivity (Wildman–Crippen MR) is 107 cm³/mol. The molecule has 0 fully saturated rings. The lowest BCUT2D eigenvalue weighted by atomic mass is 9.80. The molecule has 0 radical (unpaired) electrons. The number of ether oxygens (including phenoxy) is 2. The van der Waals surface area contributed by atoms with Crippen LogP contribution in [0.25, 0.3) is 11.1 Å². The molecule has 0 heterocycles. The van der Waals surface area contributed by atoms with E-state index in [1.165, 1.54) is 23.8 Å². The molecule has 0 amide bonds. The maximum atomic E-state index is 12.9. The molecule has 2 aromatic carbocycles. The van der Waals surface area contributed by atoms with Crippen LogP contribution < -0.4 is 4.74 Å². The smallest absolute Gasteiger partial charge is 0.338 e. The second-order valence-electron chi connectivity index (χ2n) is 6.27. The summed E-state index contributed by atoms with van der Waals surface area (Å²) in [6.45, 7) is 8.62. The zero-order valence-electron chi connectivity index (χ0n) is 16.9. The van der Waals surface area contributed by atoms with Crippen molar-refractivity contribution >= 4 is 5.97 Å². The Morgan fingerprint density at radius 1 is 0.808 bits per heavy atom. The van der Waals surface area contributed by atoms with Crippen molar-refractivity contribution in [3.8, 4) is 16.9 Å². The number of methoxy groups -OCH3 is 2. The van der Waals surface area contributed by atoms with Gasteiger partial charge in [-0.3, -0.25) is 0 Å². The molecule has 0 aromatic heterocycles. The topological polar surface area (TPSA) is 35.5 Å². The Bertz CT molecular complexity index is 791. The predicted octanol–water partition coefficient (Wildman–Crippen LogP) is 5.40. The highest BCUT2D eigenvalue weighted by Crippen LogP contribution is 2.41. The molecule has 0 spiro atoms. The standard InChI is InChI=1S/C23H30O3/c1-7-15-16(8-2)18(10-4)22(23(24)26-6)21(17(15)9-3)19-13-11-12-14-20(19)25-5/h11-14H,7-10H2,1-6H3. The van der Waals surface area contributed by atoms with Gasteiger partial charge in [0.15, 0.2) is 0 Å². The van der Waals surface area contributed by atoms with Crippen LogP contribution in [0.15, 0.2) is 24.3 Å². The van der Waals surface area contributed by atoms with Crippen molar-refractivity contribution in [3.05, 3.63) is 52.1 Å². The van der Waals surface area contributed by atoms with E-state index in [-0.39, 0.29) is 5.97 Å². The van der Waals surface area contributed by atoms with Crippen LogP contribution in [0.2, 0.25) is 0 Å². The second-order valence-corrected chi connectivity index (χ2v) is 6.27. The van der Waals surface area contributed by atoms with Crippen LogP contribution in [0.4, 0.5) is 0 Å². The molecule has 3 heteroatoms. The summed E-state index contributed by atoms with van der Waals surface area (Å²) in [6.07, 6.45) is 3.52. The van der Waals surface area contributed by atoms with E-state index in [1.807, 2.05) is 24.3 Å². The molecule has 0 saturated carbocycles. The maximum Gasteiger partial charge on any atom is 0.338 e. The first-order chi connectivity index (χ1) is 12.6. The molecule has 0 aliphatic heterocycles. The van der Waals surface area contributed by atoms with Gasteiger partial charge in [-0.05, 0) is 54.0 Å². The summed E-state index contributed by atoms with van der Waals surface area (Å²) >= 11 is 0.